The van der Waals surface area contributed by atoms with Gasteiger partial charge in [-0.1, -0.05) is 6.07 Å². The maximum absolute atomic E-state index is 13.6. The number of nitrogens with one attached hydrogen (secondary N) is 2. The zero-order chi connectivity index (χ0) is 21.2. The monoisotopic (exact) mass is 412 g/mol. The molecule has 11 heteroatoms. The highest BCUT2D eigenvalue weighted by Gasteiger charge is 2.33. The number of urea groups is 1. The Bertz CT molecular complexity index is 918. The molecule has 1 fully saturated rings. The molecule has 0 bridgehead atoms. The first-order valence-electron chi connectivity index (χ1n) is 8.54. The predicted molar refractivity (Wildman–Crippen MR) is 91.6 cm³/mol. The van der Waals surface area contributed by atoms with Gasteiger partial charge in [-0.25, -0.2) is 14.2 Å². The average Bonchev–Trinajstić information content (AvgIpc) is 3.08. The minimum Gasteiger partial charge on any atom is -0.388 e. The van der Waals surface area contributed by atoms with Gasteiger partial charge in [0.1, 0.15) is 11.9 Å². The predicted octanol–water partition coefficient (Wildman–Crippen LogP) is 2.60. The van der Waals surface area contributed by atoms with Crippen LogP contribution >= 0.6 is 0 Å². The molecule has 2 atom stereocenters. The lowest BCUT2D eigenvalue weighted by molar-refractivity contribution is -0.276. The van der Waals surface area contributed by atoms with E-state index >= 15 is 0 Å². The van der Waals surface area contributed by atoms with E-state index in [2.05, 4.69) is 25.3 Å². The Morgan fingerprint density at radius 1 is 1.31 bits per heavy atom. The van der Waals surface area contributed by atoms with Gasteiger partial charge in [-0.05, 0) is 24.6 Å². The van der Waals surface area contributed by atoms with Crippen LogP contribution in [0.3, 0.4) is 0 Å². The fourth-order valence-electron chi connectivity index (χ4n) is 2.92. The van der Waals surface area contributed by atoms with Crippen LogP contribution in [-0.2, 0) is 4.79 Å². The number of hydrogen-bond donors (Lipinski definition) is 2. The summed E-state index contributed by atoms with van der Waals surface area (Å²) in [6.45, 7) is 1.58. The maximum Gasteiger partial charge on any atom is 0.574 e. The number of aryl methyl sites for hydroxylation is 1. The molecule has 1 saturated heterocycles. The molecule has 0 spiro atoms. The number of rotatable bonds is 6. The Hall–Kier alpha value is -3.24. The van der Waals surface area contributed by atoms with Crippen LogP contribution < -0.4 is 15.4 Å². The lowest BCUT2D eigenvalue weighted by Gasteiger charge is -2.19. The molecule has 0 radical (unpaired) electrons. The molecule has 154 valence electrons. The van der Waals surface area contributed by atoms with Crippen LogP contribution in [0.5, 0.6) is 5.88 Å². The molecule has 1 aliphatic rings. The second-order valence-corrected chi connectivity index (χ2v) is 6.41. The van der Waals surface area contributed by atoms with Gasteiger partial charge in [0, 0.05) is 36.8 Å². The van der Waals surface area contributed by atoms with Crippen molar-refractivity contribution in [1.29, 1.82) is 0 Å². The Morgan fingerprint density at radius 3 is 2.62 bits per heavy atom. The van der Waals surface area contributed by atoms with Gasteiger partial charge in [0.25, 0.3) is 0 Å². The van der Waals surface area contributed by atoms with Gasteiger partial charge in [-0.3, -0.25) is 9.78 Å². The highest BCUT2D eigenvalue weighted by atomic mass is 19.4. The fourth-order valence-corrected chi connectivity index (χ4v) is 2.92. The highest BCUT2D eigenvalue weighted by Crippen LogP contribution is 2.30. The third-order valence-corrected chi connectivity index (χ3v) is 4.35. The van der Waals surface area contributed by atoms with E-state index in [0.717, 1.165) is 12.3 Å². The summed E-state index contributed by atoms with van der Waals surface area (Å²) >= 11 is 0. The summed E-state index contributed by atoms with van der Waals surface area (Å²) in [6.07, 6.45) is -3.86. The molecule has 1 aliphatic heterocycles. The Morgan fingerprint density at radius 2 is 2.07 bits per heavy atom. The second kappa shape index (κ2) is 8.02. The van der Waals surface area contributed by atoms with Crippen molar-refractivity contribution < 1.29 is 31.9 Å². The van der Waals surface area contributed by atoms with Crippen molar-refractivity contribution in [3.8, 4) is 5.88 Å². The summed E-state index contributed by atoms with van der Waals surface area (Å²) in [6, 6.07) is 3.74. The summed E-state index contributed by atoms with van der Waals surface area (Å²) in [5, 5.41) is 4.95. The topological polar surface area (TPSA) is 93.2 Å². The van der Waals surface area contributed by atoms with Crippen LogP contribution in [-0.4, -0.2) is 40.7 Å². The summed E-state index contributed by atoms with van der Waals surface area (Å²) in [4.78, 5) is 31.7. The molecule has 2 aromatic rings. The van der Waals surface area contributed by atoms with Crippen molar-refractivity contribution in [1.82, 2.24) is 20.6 Å². The van der Waals surface area contributed by atoms with E-state index in [1.165, 1.54) is 25.1 Å². The molecule has 3 rings (SSSR count). The molecule has 2 amide bonds. The van der Waals surface area contributed by atoms with Crippen molar-refractivity contribution in [2.75, 3.05) is 6.54 Å². The number of carbonyl (C=O) groups excluding carboxylic acids is 2. The number of hydrogen-bond acceptors (Lipinski definition) is 5. The zero-order valence-corrected chi connectivity index (χ0v) is 15.1. The van der Waals surface area contributed by atoms with Gasteiger partial charge in [-0.2, -0.15) is 0 Å². The summed E-state index contributed by atoms with van der Waals surface area (Å²) in [7, 11) is 0. The minimum absolute atomic E-state index is 0.112. The van der Waals surface area contributed by atoms with Gasteiger partial charge in [0.2, 0.25) is 5.88 Å². The lowest BCUT2D eigenvalue weighted by atomic mass is 9.89. The highest BCUT2D eigenvalue weighted by molar-refractivity contribution is 5.92. The summed E-state index contributed by atoms with van der Waals surface area (Å²) < 4.78 is 54.4. The molecule has 7 nitrogen and oxygen atoms in total. The van der Waals surface area contributed by atoms with Crippen molar-refractivity contribution >= 4 is 11.8 Å². The number of alkyl halides is 3. The van der Waals surface area contributed by atoms with E-state index in [0.29, 0.717) is 11.3 Å². The van der Waals surface area contributed by atoms with Crippen LogP contribution in [0.4, 0.5) is 22.4 Å². The molecule has 1 unspecified atom stereocenters. The third kappa shape index (κ3) is 5.18. The van der Waals surface area contributed by atoms with E-state index < -0.39 is 36.1 Å². The fraction of sp³-hybridized carbons (Fsp3) is 0.333. The van der Waals surface area contributed by atoms with Crippen molar-refractivity contribution in [2.24, 2.45) is 0 Å². The first-order chi connectivity index (χ1) is 13.6. The Balaban J connectivity index is 1.88. The van der Waals surface area contributed by atoms with Crippen LogP contribution in [0.15, 0.2) is 30.5 Å². The molecular formula is C18H16F4N4O3. The summed E-state index contributed by atoms with van der Waals surface area (Å²) in [5.74, 6) is -2.19. The van der Waals surface area contributed by atoms with E-state index in [1.54, 1.807) is 0 Å². The van der Waals surface area contributed by atoms with Gasteiger partial charge >= 0.3 is 12.4 Å². The Labute approximate surface area is 162 Å². The Kier molecular flexibility index (Phi) is 5.66. The first kappa shape index (κ1) is 20.5. The standard InChI is InChI=1S/C18H16F4N4O3/c1-9-12(19)3-4-13(25-9)11(6-15(27)14-8-24-17(28)26-14)10-2-5-16(23-7-10)29-18(20,21)22/h2-5,7,11,14H,6,8H2,1H3,(H2,24,26,28)/t11?,14-/m0/s1. The third-order valence-electron chi connectivity index (χ3n) is 4.35. The number of nitrogens with zero attached hydrogens (tertiary/aromatic N) is 2. The van der Waals surface area contributed by atoms with Gasteiger partial charge < -0.3 is 15.4 Å². The van der Waals surface area contributed by atoms with Gasteiger partial charge in [0.05, 0.1) is 5.69 Å². The van der Waals surface area contributed by atoms with Crippen LogP contribution in [0.25, 0.3) is 0 Å². The van der Waals surface area contributed by atoms with Crippen molar-refractivity contribution in [3.63, 3.8) is 0 Å². The molecule has 0 aromatic carbocycles. The van der Waals surface area contributed by atoms with E-state index in [1.807, 2.05) is 0 Å². The largest absolute Gasteiger partial charge is 0.574 e. The molecular weight excluding hydrogens is 396 g/mol. The number of ether oxygens (including phenoxy) is 1. The maximum atomic E-state index is 13.6. The number of halogens is 4. The SMILES string of the molecule is Cc1nc(C(CC(=O)[C@@H]2CNC(=O)N2)c2ccc(OC(F)(F)F)nc2)ccc1F. The molecule has 2 aromatic heterocycles. The number of ketones is 1. The van der Waals surface area contributed by atoms with E-state index in [4.69, 9.17) is 0 Å². The van der Waals surface area contributed by atoms with Crippen molar-refractivity contribution in [2.45, 2.75) is 31.7 Å². The van der Waals surface area contributed by atoms with Gasteiger partial charge in [0.15, 0.2) is 5.78 Å². The average molecular weight is 412 g/mol. The van der Waals surface area contributed by atoms with Crippen LogP contribution in [0.2, 0.25) is 0 Å². The number of carbonyl (C=O) groups is 2. The van der Waals surface area contributed by atoms with E-state index in [9.17, 15) is 27.2 Å². The van der Waals surface area contributed by atoms with Crippen LogP contribution in [0, 0.1) is 12.7 Å². The number of amides is 2. The second-order valence-electron chi connectivity index (χ2n) is 6.41. The molecule has 29 heavy (non-hydrogen) atoms. The molecule has 2 N–H and O–H groups in total. The quantitative estimate of drug-likeness (QED) is 0.712. The number of pyridine rings is 2. The lowest BCUT2D eigenvalue weighted by Crippen LogP contribution is -2.35. The van der Waals surface area contributed by atoms with Crippen LogP contribution in [0.1, 0.15) is 29.3 Å². The molecule has 3 heterocycles. The number of Topliss-reactive ketones (excluding diaryl/α,β-unsaturated/α-hetero) is 1. The minimum atomic E-state index is -4.88. The smallest absolute Gasteiger partial charge is 0.388 e. The molecule has 0 aliphatic carbocycles. The summed E-state index contributed by atoms with van der Waals surface area (Å²) in [5.41, 5.74) is 0.852. The first-order valence-corrected chi connectivity index (χ1v) is 8.54. The van der Waals surface area contributed by atoms with Crippen molar-refractivity contribution in [3.05, 3.63) is 53.2 Å². The zero-order valence-electron chi connectivity index (χ0n) is 15.1. The normalized spacial score (nSPS) is 17.4. The molecule has 0 saturated carbocycles. The van der Waals surface area contributed by atoms with E-state index in [-0.39, 0.29) is 24.4 Å². The number of aromatic nitrogens is 2. The van der Waals surface area contributed by atoms with Gasteiger partial charge in [-0.15, -0.1) is 13.2 Å².